The third-order valence-electron chi connectivity index (χ3n) is 4.31. The van der Waals surface area contributed by atoms with Crippen LogP contribution in [0, 0.1) is 0 Å². The molecule has 5 heteroatoms. The molecule has 1 heterocycles. The number of carbonyl (C=O) groups is 2. The molecule has 1 aliphatic heterocycles. The summed E-state index contributed by atoms with van der Waals surface area (Å²) in [5.74, 6) is 0.145. The van der Waals surface area contributed by atoms with Gasteiger partial charge in [-0.05, 0) is 26.2 Å². The maximum Gasteiger partial charge on any atom is 0.248 e. The van der Waals surface area contributed by atoms with E-state index in [1.807, 2.05) is 11.8 Å². The number of nitrogens with one attached hydrogen (secondary N) is 1. The Morgan fingerprint density at radius 3 is 2.70 bits per heavy atom. The molecule has 2 aliphatic rings. The molecular formula is C15H26N2O3. The molecule has 2 amide bonds. The minimum absolute atomic E-state index is 0.0209. The zero-order valence-electron chi connectivity index (χ0n) is 12.5. The predicted molar refractivity (Wildman–Crippen MR) is 76.3 cm³/mol. The second-order valence-electron chi connectivity index (χ2n) is 5.78. The van der Waals surface area contributed by atoms with Gasteiger partial charge in [0.15, 0.2) is 0 Å². The molecule has 2 rings (SSSR count). The van der Waals surface area contributed by atoms with Crippen LogP contribution in [0.25, 0.3) is 0 Å². The molecule has 20 heavy (non-hydrogen) atoms. The SMILES string of the molecule is CCOCCCN1CCC(=O)NC2(CCCCC2)C1=O. The first-order valence-electron chi connectivity index (χ1n) is 7.86. The summed E-state index contributed by atoms with van der Waals surface area (Å²) in [6, 6.07) is 0. The smallest absolute Gasteiger partial charge is 0.248 e. The van der Waals surface area contributed by atoms with Crippen molar-refractivity contribution in [1.82, 2.24) is 10.2 Å². The molecule has 114 valence electrons. The number of nitrogens with zero attached hydrogens (tertiary/aromatic N) is 1. The lowest BCUT2D eigenvalue weighted by molar-refractivity contribution is -0.140. The fourth-order valence-electron chi connectivity index (χ4n) is 3.23. The molecule has 1 N–H and O–H groups in total. The standard InChI is InChI=1S/C15H26N2O3/c1-2-20-12-6-10-17-11-7-13(18)16-15(14(17)19)8-4-3-5-9-15/h2-12H2,1H3,(H,16,18). The lowest BCUT2D eigenvalue weighted by atomic mass is 9.80. The van der Waals surface area contributed by atoms with E-state index in [0.29, 0.717) is 32.7 Å². The van der Waals surface area contributed by atoms with E-state index in [0.717, 1.165) is 38.5 Å². The third kappa shape index (κ3) is 3.51. The molecule has 2 fully saturated rings. The van der Waals surface area contributed by atoms with Gasteiger partial charge >= 0.3 is 0 Å². The predicted octanol–water partition coefficient (Wildman–Crippen LogP) is 1.46. The Kier molecular flexibility index (Phi) is 5.40. The Balaban J connectivity index is 2.00. The normalized spacial score (nSPS) is 22.8. The van der Waals surface area contributed by atoms with Crippen LogP contribution >= 0.6 is 0 Å². The Bertz CT molecular complexity index is 351. The largest absolute Gasteiger partial charge is 0.382 e. The molecule has 0 aromatic heterocycles. The van der Waals surface area contributed by atoms with Crippen molar-refractivity contribution < 1.29 is 14.3 Å². The Hall–Kier alpha value is -1.10. The molecule has 0 aromatic rings. The average Bonchev–Trinajstić information content (AvgIpc) is 2.56. The maximum atomic E-state index is 12.8. The molecule has 0 radical (unpaired) electrons. The van der Waals surface area contributed by atoms with Crippen molar-refractivity contribution in [2.24, 2.45) is 0 Å². The number of ether oxygens (including phenoxy) is 1. The van der Waals surface area contributed by atoms with Crippen LogP contribution in [0.1, 0.15) is 51.9 Å². The first kappa shape index (κ1) is 15.3. The molecule has 1 aliphatic carbocycles. The quantitative estimate of drug-likeness (QED) is 0.777. The molecule has 1 saturated carbocycles. The molecule has 1 saturated heterocycles. The number of amides is 2. The van der Waals surface area contributed by atoms with E-state index >= 15 is 0 Å². The Labute approximate surface area is 121 Å². The van der Waals surface area contributed by atoms with Crippen molar-refractivity contribution in [1.29, 1.82) is 0 Å². The van der Waals surface area contributed by atoms with Crippen LogP contribution in [0.2, 0.25) is 0 Å². The minimum atomic E-state index is -0.614. The van der Waals surface area contributed by atoms with Gasteiger partial charge in [0.25, 0.3) is 0 Å². The Morgan fingerprint density at radius 1 is 1.25 bits per heavy atom. The second kappa shape index (κ2) is 7.07. The zero-order valence-corrected chi connectivity index (χ0v) is 12.5. The minimum Gasteiger partial charge on any atom is -0.382 e. The highest BCUT2D eigenvalue weighted by Crippen LogP contribution is 2.31. The number of carbonyl (C=O) groups excluding carboxylic acids is 2. The molecule has 1 spiro atoms. The van der Waals surface area contributed by atoms with Crippen molar-refractivity contribution in [2.75, 3.05) is 26.3 Å². The van der Waals surface area contributed by atoms with Gasteiger partial charge in [-0.3, -0.25) is 9.59 Å². The monoisotopic (exact) mass is 282 g/mol. The molecule has 0 bridgehead atoms. The summed E-state index contributed by atoms with van der Waals surface area (Å²) in [6.07, 6.45) is 6.05. The zero-order chi connectivity index (χ0) is 14.4. The topological polar surface area (TPSA) is 58.6 Å². The van der Waals surface area contributed by atoms with Gasteiger partial charge in [-0.15, -0.1) is 0 Å². The van der Waals surface area contributed by atoms with Crippen LogP contribution in [0.3, 0.4) is 0 Å². The van der Waals surface area contributed by atoms with E-state index in [1.165, 1.54) is 0 Å². The highest BCUT2D eigenvalue weighted by Gasteiger charge is 2.44. The summed E-state index contributed by atoms with van der Waals surface area (Å²) in [5, 5.41) is 3.01. The van der Waals surface area contributed by atoms with Crippen LogP contribution in [-0.4, -0.2) is 48.6 Å². The van der Waals surface area contributed by atoms with Crippen LogP contribution in [0.5, 0.6) is 0 Å². The van der Waals surface area contributed by atoms with Gasteiger partial charge < -0.3 is 15.0 Å². The van der Waals surface area contributed by atoms with Gasteiger partial charge in [0.2, 0.25) is 11.8 Å². The molecule has 0 unspecified atom stereocenters. The van der Waals surface area contributed by atoms with Crippen molar-refractivity contribution in [3.8, 4) is 0 Å². The summed E-state index contributed by atoms with van der Waals surface area (Å²) in [5.41, 5.74) is -0.614. The fourth-order valence-corrected chi connectivity index (χ4v) is 3.23. The fraction of sp³-hybridized carbons (Fsp3) is 0.867. The van der Waals surface area contributed by atoms with E-state index in [9.17, 15) is 9.59 Å². The number of hydrogen-bond acceptors (Lipinski definition) is 3. The number of rotatable bonds is 5. The van der Waals surface area contributed by atoms with Crippen molar-refractivity contribution in [3.63, 3.8) is 0 Å². The van der Waals surface area contributed by atoms with Gasteiger partial charge in [-0.25, -0.2) is 0 Å². The lowest BCUT2D eigenvalue weighted by Gasteiger charge is -2.38. The van der Waals surface area contributed by atoms with E-state index in [-0.39, 0.29) is 11.8 Å². The van der Waals surface area contributed by atoms with Crippen LogP contribution in [-0.2, 0) is 14.3 Å². The Morgan fingerprint density at radius 2 is 2.00 bits per heavy atom. The summed E-state index contributed by atoms with van der Waals surface area (Å²) < 4.78 is 5.33. The average molecular weight is 282 g/mol. The van der Waals surface area contributed by atoms with E-state index in [2.05, 4.69) is 5.32 Å². The number of hydrogen-bond donors (Lipinski definition) is 1. The lowest BCUT2D eigenvalue weighted by Crippen LogP contribution is -2.58. The van der Waals surface area contributed by atoms with E-state index in [1.54, 1.807) is 0 Å². The van der Waals surface area contributed by atoms with E-state index in [4.69, 9.17) is 4.74 Å². The highest BCUT2D eigenvalue weighted by atomic mass is 16.5. The summed E-state index contributed by atoms with van der Waals surface area (Å²) in [7, 11) is 0. The molecule has 0 atom stereocenters. The molecular weight excluding hydrogens is 256 g/mol. The van der Waals surface area contributed by atoms with Gasteiger partial charge in [0.05, 0.1) is 0 Å². The van der Waals surface area contributed by atoms with Gasteiger partial charge in [0, 0.05) is 32.7 Å². The molecule has 5 nitrogen and oxygen atoms in total. The maximum absolute atomic E-state index is 12.8. The molecule has 0 aromatic carbocycles. The van der Waals surface area contributed by atoms with Crippen LogP contribution < -0.4 is 5.32 Å². The second-order valence-corrected chi connectivity index (χ2v) is 5.78. The van der Waals surface area contributed by atoms with Crippen molar-refractivity contribution >= 4 is 11.8 Å². The summed E-state index contributed by atoms with van der Waals surface area (Å²) in [6.45, 7) is 4.58. The van der Waals surface area contributed by atoms with Gasteiger partial charge in [-0.2, -0.15) is 0 Å². The highest BCUT2D eigenvalue weighted by molar-refractivity contribution is 5.93. The first-order valence-corrected chi connectivity index (χ1v) is 7.86. The van der Waals surface area contributed by atoms with Crippen molar-refractivity contribution in [3.05, 3.63) is 0 Å². The van der Waals surface area contributed by atoms with Gasteiger partial charge in [-0.1, -0.05) is 19.3 Å². The third-order valence-corrected chi connectivity index (χ3v) is 4.31. The van der Waals surface area contributed by atoms with E-state index < -0.39 is 5.54 Å². The summed E-state index contributed by atoms with van der Waals surface area (Å²) in [4.78, 5) is 26.6. The van der Waals surface area contributed by atoms with Crippen molar-refractivity contribution in [2.45, 2.75) is 57.4 Å². The van der Waals surface area contributed by atoms with Crippen LogP contribution in [0.15, 0.2) is 0 Å². The van der Waals surface area contributed by atoms with Crippen LogP contribution in [0.4, 0.5) is 0 Å². The summed E-state index contributed by atoms with van der Waals surface area (Å²) >= 11 is 0. The van der Waals surface area contributed by atoms with Gasteiger partial charge in [0.1, 0.15) is 5.54 Å². The first-order chi connectivity index (χ1) is 9.68.